The van der Waals surface area contributed by atoms with Crippen LogP contribution in [0.4, 0.5) is 0 Å². The summed E-state index contributed by atoms with van der Waals surface area (Å²) in [5.41, 5.74) is -0.0600. The summed E-state index contributed by atoms with van der Waals surface area (Å²) in [6.07, 6.45) is 7.14. The molecule has 0 heterocycles. The summed E-state index contributed by atoms with van der Waals surface area (Å²) >= 11 is 0. The van der Waals surface area contributed by atoms with Crippen LogP contribution in [0.15, 0.2) is 0 Å². The van der Waals surface area contributed by atoms with Crippen molar-refractivity contribution in [3.63, 3.8) is 0 Å². The number of likely N-dealkylation sites (N-methyl/N-ethyl adjacent to an activating group) is 1. The van der Waals surface area contributed by atoms with Crippen LogP contribution in [0, 0.1) is 23.2 Å². The van der Waals surface area contributed by atoms with Crippen LogP contribution in [-0.4, -0.2) is 44.9 Å². The Hall–Kier alpha value is -0.610. The van der Waals surface area contributed by atoms with Crippen molar-refractivity contribution >= 4 is 5.91 Å². The van der Waals surface area contributed by atoms with E-state index in [-0.39, 0.29) is 11.7 Å². The van der Waals surface area contributed by atoms with Crippen LogP contribution in [0.5, 0.6) is 0 Å². The minimum Gasteiger partial charge on any atom is -0.354 e. The highest BCUT2D eigenvalue weighted by molar-refractivity contribution is 5.83. The van der Waals surface area contributed by atoms with Gasteiger partial charge in [0.25, 0.3) is 0 Å². The van der Waals surface area contributed by atoms with Gasteiger partial charge in [-0.2, -0.15) is 0 Å². The molecule has 4 heteroatoms. The predicted molar refractivity (Wildman–Crippen MR) is 76.0 cm³/mol. The highest BCUT2D eigenvalue weighted by Gasteiger charge is 2.55. The molecule has 4 aliphatic carbocycles. The van der Waals surface area contributed by atoms with Crippen molar-refractivity contribution in [2.45, 2.75) is 44.8 Å². The normalized spacial score (nSPS) is 38.5. The number of rotatable bonds is 5. The molecule has 114 valence electrons. The first-order valence-corrected chi connectivity index (χ1v) is 7.87. The summed E-state index contributed by atoms with van der Waals surface area (Å²) in [5.74, 6) is 2.74. The number of carbonyl (C=O) groups excluding carboxylic acids is 1. The maximum Gasteiger partial charge on any atom is 0.228 e. The van der Waals surface area contributed by atoms with Gasteiger partial charge in [0.15, 0.2) is 6.29 Å². The molecule has 4 bridgehead atoms. The third-order valence-corrected chi connectivity index (χ3v) is 5.79. The van der Waals surface area contributed by atoms with Crippen LogP contribution in [0.1, 0.15) is 38.5 Å². The van der Waals surface area contributed by atoms with E-state index in [1.807, 2.05) is 11.9 Å². The molecule has 4 nitrogen and oxygen atoms in total. The molecule has 0 saturated heterocycles. The van der Waals surface area contributed by atoms with E-state index in [0.29, 0.717) is 12.5 Å². The second-order valence-electron chi connectivity index (χ2n) is 7.28. The predicted octanol–water partition coefficient (Wildman–Crippen LogP) is 2.28. The topological polar surface area (TPSA) is 38.8 Å². The van der Waals surface area contributed by atoms with Gasteiger partial charge in [-0.15, -0.1) is 0 Å². The number of methoxy groups -OCH3 is 2. The second kappa shape index (κ2) is 5.30. The summed E-state index contributed by atoms with van der Waals surface area (Å²) in [6.45, 7) is 0.521. The molecule has 0 aromatic heterocycles. The van der Waals surface area contributed by atoms with Gasteiger partial charge in [0.05, 0.1) is 12.0 Å². The number of carbonyl (C=O) groups is 1. The Bertz CT molecular complexity index is 343. The quantitative estimate of drug-likeness (QED) is 0.726. The third kappa shape index (κ3) is 2.37. The molecule has 20 heavy (non-hydrogen) atoms. The van der Waals surface area contributed by atoms with E-state index in [9.17, 15) is 4.79 Å². The first-order chi connectivity index (χ1) is 9.56. The Kier molecular flexibility index (Phi) is 3.80. The number of hydrogen-bond donors (Lipinski definition) is 0. The van der Waals surface area contributed by atoms with E-state index in [0.717, 1.165) is 37.0 Å². The lowest BCUT2D eigenvalue weighted by Crippen LogP contribution is -2.54. The van der Waals surface area contributed by atoms with Crippen LogP contribution in [0.25, 0.3) is 0 Å². The smallest absolute Gasteiger partial charge is 0.228 e. The lowest BCUT2D eigenvalue weighted by molar-refractivity contribution is -0.165. The zero-order valence-corrected chi connectivity index (χ0v) is 12.9. The van der Waals surface area contributed by atoms with Crippen molar-refractivity contribution in [2.75, 3.05) is 27.8 Å². The van der Waals surface area contributed by atoms with Crippen molar-refractivity contribution in [2.24, 2.45) is 23.2 Å². The minimum absolute atomic E-state index is 0.0600. The Morgan fingerprint density at radius 1 is 1.10 bits per heavy atom. The monoisotopic (exact) mass is 281 g/mol. The molecular weight excluding hydrogens is 254 g/mol. The fourth-order valence-electron chi connectivity index (χ4n) is 5.33. The van der Waals surface area contributed by atoms with Crippen molar-refractivity contribution < 1.29 is 14.3 Å². The molecule has 4 aliphatic rings. The maximum absolute atomic E-state index is 13.0. The van der Waals surface area contributed by atoms with E-state index < -0.39 is 0 Å². The Morgan fingerprint density at radius 3 is 1.95 bits per heavy atom. The second-order valence-corrected chi connectivity index (χ2v) is 7.28. The van der Waals surface area contributed by atoms with Gasteiger partial charge in [-0.1, -0.05) is 0 Å². The first kappa shape index (κ1) is 14.3. The van der Waals surface area contributed by atoms with E-state index in [1.54, 1.807) is 14.2 Å². The fourth-order valence-corrected chi connectivity index (χ4v) is 5.33. The van der Waals surface area contributed by atoms with Gasteiger partial charge in [0.1, 0.15) is 0 Å². The Morgan fingerprint density at radius 2 is 1.55 bits per heavy atom. The van der Waals surface area contributed by atoms with E-state index in [4.69, 9.17) is 9.47 Å². The molecule has 4 saturated carbocycles. The molecule has 1 amide bonds. The largest absolute Gasteiger partial charge is 0.354 e. The standard InChI is InChI=1S/C16H27NO3/c1-17(10-14(19-2)20-3)15(18)16-7-11-4-12(8-16)6-13(5-11)9-16/h11-14H,4-10H2,1-3H3. The summed E-state index contributed by atoms with van der Waals surface area (Å²) in [5, 5.41) is 0. The zero-order chi connectivity index (χ0) is 14.3. The van der Waals surface area contributed by atoms with Gasteiger partial charge in [0.2, 0.25) is 5.91 Å². The zero-order valence-electron chi connectivity index (χ0n) is 12.9. The lowest BCUT2D eigenvalue weighted by atomic mass is 9.49. The van der Waals surface area contributed by atoms with Crippen LogP contribution < -0.4 is 0 Å². The van der Waals surface area contributed by atoms with Crippen LogP contribution in [0.3, 0.4) is 0 Å². The van der Waals surface area contributed by atoms with Crippen molar-refractivity contribution in [1.82, 2.24) is 4.90 Å². The average Bonchev–Trinajstić information content (AvgIpc) is 2.42. The summed E-state index contributed by atoms with van der Waals surface area (Å²) in [4.78, 5) is 14.8. The van der Waals surface area contributed by atoms with Crippen LogP contribution in [-0.2, 0) is 14.3 Å². The molecule has 0 unspecified atom stereocenters. The van der Waals surface area contributed by atoms with E-state index in [2.05, 4.69) is 0 Å². The SMILES string of the molecule is COC(CN(C)C(=O)C12CC3CC(CC(C3)C1)C2)OC. The number of nitrogens with zero attached hydrogens (tertiary/aromatic N) is 1. The van der Waals surface area contributed by atoms with E-state index in [1.165, 1.54) is 19.3 Å². The molecule has 0 N–H and O–H groups in total. The number of hydrogen-bond acceptors (Lipinski definition) is 3. The maximum atomic E-state index is 13.0. The molecule has 0 atom stereocenters. The first-order valence-electron chi connectivity index (χ1n) is 7.87. The van der Waals surface area contributed by atoms with Gasteiger partial charge in [0, 0.05) is 21.3 Å². The highest BCUT2D eigenvalue weighted by atomic mass is 16.7. The highest BCUT2D eigenvalue weighted by Crippen LogP contribution is 2.60. The number of amides is 1. The fraction of sp³-hybridized carbons (Fsp3) is 0.938. The van der Waals surface area contributed by atoms with E-state index >= 15 is 0 Å². The molecule has 0 aromatic rings. The molecule has 0 aliphatic heterocycles. The Balaban J connectivity index is 1.70. The summed E-state index contributed by atoms with van der Waals surface area (Å²) in [6, 6.07) is 0. The molecule has 0 spiro atoms. The minimum atomic E-state index is -0.321. The van der Waals surface area contributed by atoms with Gasteiger partial charge in [-0.25, -0.2) is 0 Å². The average molecular weight is 281 g/mol. The molecule has 4 rings (SSSR count). The molecule has 0 radical (unpaired) electrons. The lowest BCUT2D eigenvalue weighted by Gasteiger charge is -2.56. The molecule has 0 aromatic carbocycles. The summed E-state index contributed by atoms with van der Waals surface area (Å²) < 4.78 is 10.4. The third-order valence-electron chi connectivity index (χ3n) is 5.79. The summed E-state index contributed by atoms with van der Waals surface area (Å²) in [7, 11) is 5.14. The molecule has 4 fully saturated rings. The molecular formula is C16H27NO3. The van der Waals surface area contributed by atoms with Crippen molar-refractivity contribution in [3.8, 4) is 0 Å². The number of ether oxygens (including phenoxy) is 2. The van der Waals surface area contributed by atoms with Gasteiger partial charge < -0.3 is 14.4 Å². The van der Waals surface area contributed by atoms with Crippen LogP contribution in [0.2, 0.25) is 0 Å². The van der Waals surface area contributed by atoms with Gasteiger partial charge >= 0.3 is 0 Å². The van der Waals surface area contributed by atoms with Crippen LogP contribution >= 0.6 is 0 Å². The van der Waals surface area contributed by atoms with Crippen molar-refractivity contribution in [1.29, 1.82) is 0 Å². The Labute approximate surface area is 121 Å². The van der Waals surface area contributed by atoms with Gasteiger partial charge in [-0.05, 0) is 56.3 Å². The van der Waals surface area contributed by atoms with Crippen molar-refractivity contribution in [3.05, 3.63) is 0 Å². The van der Waals surface area contributed by atoms with Gasteiger partial charge in [-0.3, -0.25) is 4.79 Å².